The fourth-order valence-electron chi connectivity index (χ4n) is 3.80. The lowest BCUT2D eigenvalue weighted by molar-refractivity contribution is 0.392. The first kappa shape index (κ1) is 16.2. The van der Waals surface area contributed by atoms with E-state index in [-0.39, 0.29) is 0 Å². The molecular weight excluding hydrogens is 291 g/mol. The largest absolute Gasteiger partial charge is 0.284 e. The van der Waals surface area contributed by atoms with Gasteiger partial charge in [-0.1, -0.05) is 56.7 Å². The maximum atomic E-state index is 13.7. The van der Waals surface area contributed by atoms with E-state index in [9.17, 15) is 4.57 Å². The van der Waals surface area contributed by atoms with Crippen molar-refractivity contribution in [3.63, 3.8) is 0 Å². The van der Waals surface area contributed by atoms with E-state index in [1.54, 1.807) is 0 Å². The Hall–Kier alpha value is -0.630. The number of hydrogen-bond donors (Lipinski definition) is 2. The minimum absolute atomic E-state index is 0.399. The maximum absolute atomic E-state index is 13.7. The summed E-state index contributed by atoms with van der Waals surface area (Å²) in [5, 5.41) is 8.02. The molecule has 122 valence electrons. The molecule has 2 fully saturated rings. The normalized spacial score (nSPS) is 21.8. The van der Waals surface area contributed by atoms with Crippen LogP contribution in [0.1, 0.15) is 64.2 Å². The average Bonchev–Trinajstić information content (AvgIpc) is 2.57. The van der Waals surface area contributed by atoms with Crippen molar-refractivity contribution in [2.24, 2.45) is 0 Å². The Balaban J connectivity index is 1.76. The predicted octanol–water partition coefficient (Wildman–Crippen LogP) is 4.35. The first-order chi connectivity index (χ1) is 10.8. The molecule has 0 aromatic heterocycles. The van der Waals surface area contributed by atoms with Crippen molar-refractivity contribution in [1.29, 1.82) is 0 Å². The van der Waals surface area contributed by atoms with Crippen LogP contribution in [-0.2, 0) is 4.57 Å². The molecule has 2 N–H and O–H groups in total. The van der Waals surface area contributed by atoms with Crippen LogP contribution in [0.5, 0.6) is 0 Å². The van der Waals surface area contributed by atoms with Crippen molar-refractivity contribution in [3.8, 4) is 0 Å². The fraction of sp³-hybridized carbons (Fsp3) is 0.667. The monoisotopic (exact) mass is 320 g/mol. The van der Waals surface area contributed by atoms with Gasteiger partial charge in [0.25, 0.3) is 0 Å². The highest BCUT2D eigenvalue weighted by molar-refractivity contribution is 7.67. The molecule has 0 unspecified atom stereocenters. The highest BCUT2D eigenvalue weighted by Gasteiger charge is 2.31. The number of rotatable bonds is 5. The molecule has 0 bridgehead atoms. The number of nitrogens with one attached hydrogen (secondary N) is 2. The third kappa shape index (κ3) is 4.22. The van der Waals surface area contributed by atoms with Crippen molar-refractivity contribution < 1.29 is 4.57 Å². The Morgan fingerprint density at radius 3 is 1.64 bits per heavy atom. The number of benzene rings is 1. The minimum atomic E-state index is -2.71. The number of hydrogen-bond acceptors (Lipinski definition) is 1. The molecule has 0 heterocycles. The van der Waals surface area contributed by atoms with Crippen molar-refractivity contribution in [3.05, 3.63) is 30.3 Å². The van der Waals surface area contributed by atoms with E-state index in [1.165, 1.54) is 38.5 Å². The molecule has 0 spiro atoms. The second-order valence-electron chi connectivity index (χ2n) is 6.87. The third-order valence-electron chi connectivity index (χ3n) is 5.06. The van der Waals surface area contributed by atoms with Crippen LogP contribution in [0, 0.1) is 0 Å². The highest BCUT2D eigenvalue weighted by atomic mass is 31.2. The van der Waals surface area contributed by atoms with Gasteiger partial charge in [0.05, 0.1) is 0 Å². The summed E-state index contributed by atoms with van der Waals surface area (Å²) in [5.41, 5.74) is 0. The molecule has 1 aromatic rings. The van der Waals surface area contributed by atoms with Gasteiger partial charge in [0.1, 0.15) is 0 Å². The van der Waals surface area contributed by atoms with Gasteiger partial charge < -0.3 is 0 Å². The zero-order valence-corrected chi connectivity index (χ0v) is 14.4. The van der Waals surface area contributed by atoms with Crippen LogP contribution in [0.3, 0.4) is 0 Å². The van der Waals surface area contributed by atoms with Gasteiger partial charge in [0.15, 0.2) is 0 Å². The molecule has 4 heteroatoms. The van der Waals surface area contributed by atoms with Crippen LogP contribution >= 0.6 is 7.44 Å². The topological polar surface area (TPSA) is 41.1 Å². The molecule has 3 nitrogen and oxygen atoms in total. The minimum Gasteiger partial charge on any atom is -0.284 e. The molecule has 0 saturated heterocycles. The van der Waals surface area contributed by atoms with Gasteiger partial charge in [0.2, 0.25) is 7.44 Å². The average molecular weight is 320 g/mol. The van der Waals surface area contributed by atoms with Gasteiger partial charge in [-0.3, -0.25) is 4.57 Å². The fourth-order valence-corrected chi connectivity index (χ4v) is 6.31. The van der Waals surface area contributed by atoms with E-state index in [2.05, 4.69) is 10.2 Å². The van der Waals surface area contributed by atoms with Crippen LogP contribution in [0.4, 0.5) is 0 Å². The van der Waals surface area contributed by atoms with Gasteiger partial charge in [-0.25, -0.2) is 10.2 Å². The lowest BCUT2D eigenvalue weighted by Gasteiger charge is -2.33. The van der Waals surface area contributed by atoms with E-state index in [1.807, 2.05) is 30.3 Å². The standard InChI is InChI=1S/C18H29N2OP/c21-22(18-14-8-3-9-15-18,19-16-10-4-1-5-11-16)20-17-12-6-2-7-13-17/h3,8-9,14-17H,1-2,4-7,10-13H2,(H2,19,20,21). The molecule has 0 amide bonds. The highest BCUT2D eigenvalue weighted by Crippen LogP contribution is 2.40. The smallest absolute Gasteiger partial charge is 0.241 e. The Bertz CT molecular complexity index is 469. The van der Waals surface area contributed by atoms with E-state index < -0.39 is 7.44 Å². The molecule has 1 aromatic carbocycles. The summed E-state index contributed by atoms with van der Waals surface area (Å²) in [6, 6.07) is 10.8. The molecule has 2 aliphatic carbocycles. The molecule has 0 radical (unpaired) electrons. The second-order valence-corrected chi connectivity index (χ2v) is 9.12. The van der Waals surface area contributed by atoms with E-state index >= 15 is 0 Å². The summed E-state index contributed by atoms with van der Waals surface area (Å²) in [7, 11) is -2.71. The molecule has 0 aliphatic heterocycles. The lowest BCUT2D eigenvalue weighted by atomic mass is 9.96. The summed E-state index contributed by atoms with van der Waals surface area (Å²) < 4.78 is 13.7. The van der Waals surface area contributed by atoms with E-state index in [0.29, 0.717) is 12.1 Å². The van der Waals surface area contributed by atoms with Gasteiger partial charge in [-0.2, -0.15) is 0 Å². The van der Waals surface area contributed by atoms with E-state index in [4.69, 9.17) is 0 Å². The molecular formula is C18H29N2OP. The predicted molar refractivity (Wildman–Crippen MR) is 93.7 cm³/mol. The van der Waals surface area contributed by atoms with E-state index in [0.717, 1.165) is 31.0 Å². The second kappa shape index (κ2) is 7.77. The zero-order valence-electron chi connectivity index (χ0n) is 13.5. The Kier molecular flexibility index (Phi) is 5.73. The first-order valence-electron chi connectivity index (χ1n) is 8.97. The van der Waals surface area contributed by atoms with Gasteiger partial charge in [0, 0.05) is 17.4 Å². The van der Waals surface area contributed by atoms with Gasteiger partial charge in [-0.15, -0.1) is 0 Å². The van der Waals surface area contributed by atoms with Crippen LogP contribution in [0.25, 0.3) is 0 Å². The van der Waals surface area contributed by atoms with Gasteiger partial charge >= 0.3 is 0 Å². The van der Waals surface area contributed by atoms with Crippen molar-refractivity contribution >= 4 is 12.7 Å². The Labute approximate surface area is 134 Å². The molecule has 22 heavy (non-hydrogen) atoms. The first-order valence-corrected chi connectivity index (χ1v) is 10.7. The Morgan fingerprint density at radius 2 is 1.18 bits per heavy atom. The summed E-state index contributed by atoms with van der Waals surface area (Å²) in [6.07, 6.45) is 12.3. The van der Waals surface area contributed by atoms with Crippen LogP contribution in [-0.4, -0.2) is 12.1 Å². The summed E-state index contributed by atoms with van der Waals surface area (Å²) >= 11 is 0. The molecule has 2 aliphatic rings. The van der Waals surface area contributed by atoms with Crippen LogP contribution in [0.15, 0.2) is 30.3 Å². The van der Waals surface area contributed by atoms with Crippen molar-refractivity contribution in [1.82, 2.24) is 10.2 Å². The van der Waals surface area contributed by atoms with Gasteiger partial charge in [-0.05, 0) is 37.8 Å². The Morgan fingerprint density at radius 1 is 0.727 bits per heavy atom. The quantitative estimate of drug-likeness (QED) is 0.793. The molecule has 2 saturated carbocycles. The molecule has 3 rings (SSSR count). The summed E-state index contributed by atoms with van der Waals surface area (Å²) in [6.45, 7) is 0. The maximum Gasteiger partial charge on any atom is 0.241 e. The SMILES string of the molecule is O=P(NC1CCCCC1)(NC1CCCCC1)c1ccccc1. The van der Waals surface area contributed by atoms with Crippen molar-refractivity contribution in [2.75, 3.05) is 0 Å². The third-order valence-corrected chi connectivity index (χ3v) is 7.54. The summed E-state index contributed by atoms with van der Waals surface area (Å²) in [5.74, 6) is 0. The van der Waals surface area contributed by atoms with Crippen LogP contribution in [0.2, 0.25) is 0 Å². The summed E-state index contributed by atoms with van der Waals surface area (Å²) in [4.78, 5) is 0. The van der Waals surface area contributed by atoms with Crippen molar-refractivity contribution in [2.45, 2.75) is 76.3 Å². The zero-order chi connectivity index (χ0) is 15.3. The molecule has 0 atom stereocenters. The lowest BCUT2D eigenvalue weighted by Crippen LogP contribution is -2.41. The van der Waals surface area contributed by atoms with Crippen LogP contribution < -0.4 is 15.5 Å².